The first-order chi connectivity index (χ1) is 14.8. The van der Waals surface area contributed by atoms with Crippen molar-refractivity contribution >= 4 is 17.2 Å². The number of likely N-dealkylation sites (tertiary alicyclic amines) is 1. The van der Waals surface area contributed by atoms with E-state index in [1.54, 1.807) is 10.3 Å². The number of rotatable bonds is 5. The van der Waals surface area contributed by atoms with E-state index in [4.69, 9.17) is 4.74 Å². The van der Waals surface area contributed by atoms with Crippen molar-refractivity contribution in [2.24, 2.45) is 0 Å². The van der Waals surface area contributed by atoms with Crippen LogP contribution in [0.25, 0.3) is 10.6 Å². The predicted octanol–water partition coefficient (Wildman–Crippen LogP) is 5.78. The first-order valence-corrected chi connectivity index (χ1v) is 10.5. The lowest BCUT2D eigenvalue weighted by Crippen LogP contribution is -2.27. The normalized spacial score (nSPS) is 14.1. The minimum absolute atomic E-state index is 0.131. The van der Waals surface area contributed by atoms with E-state index in [0.717, 1.165) is 31.0 Å². The topological polar surface area (TPSA) is 42.4 Å². The quantitative estimate of drug-likeness (QED) is 0.463. The van der Waals surface area contributed by atoms with E-state index >= 15 is 0 Å². The molecule has 2 heterocycles. The zero-order valence-electron chi connectivity index (χ0n) is 16.3. The van der Waals surface area contributed by atoms with Crippen LogP contribution in [0.2, 0.25) is 0 Å². The van der Waals surface area contributed by atoms with Crippen molar-refractivity contribution in [2.75, 3.05) is 13.1 Å². The molecule has 1 amide bonds. The number of hydrogen-bond donors (Lipinski definition) is 0. The number of carbonyl (C=O) groups is 1. The second-order valence-electron chi connectivity index (χ2n) is 7.17. The first kappa shape index (κ1) is 21.3. The Labute approximate surface area is 180 Å². The Hall–Kier alpha value is -2.94. The number of ether oxygens (including phenoxy) is 1. The van der Waals surface area contributed by atoms with Crippen molar-refractivity contribution in [1.82, 2.24) is 9.88 Å². The van der Waals surface area contributed by atoms with Gasteiger partial charge < -0.3 is 9.64 Å². The van der Waals surface area contributed by atoms with Gasteiger partial charge >= 0.3 is 6.18 Å². The lowest BCUT2D eigenvalue weighted by Gasteiger charge is -2.12. The summed E-state index contributed by atoms with van der Waals surface area (Å²) in [6.45, 7) is 1.28. The highest BCUT2D eigenvalue weighted by atomic mass is 32.1. The minimum atomic E-state index is -4.44. The number of halogens is 4. The Kier molecular flexibility index (Phi) is 5.95. The number of hydrogen-bond acceptors (Lipinski definition) is 4. The van der Waals surface area contributed by atoms with Crippen LogP contribution in [0.15, 0.2) is 47.8 Å². The number of benzene rings is 2. The molecule has 1 aromatic heterocycles. The molecular formula is C22H18F4N2O2S. The van der Waals surface area contributed by atoms with Gasteiger partial charge in [-0.3, -0.25) is 4.79 Å². The zero-order chi connectivity index (χ0) is 22.0. The molecule has 0 aliphatic carbocycles. The standard InChI is InChI=1S/C22H18F4N2O2S/c23-18-11-16(30-12-14-4-3-5-15(10-14)22(24,25)26)6-7-17(18)20-27-19(13-31-20)21(29)28-8-1-2-9-28/h3-7,10-11,13H,1-2,8-9,12H2. The van der Waals surface area contributed by atoms with E-state index in [2.05, 4.69) is 4.98 Å². The fourth-order valence-corrected chi connectivity index (χ4v) is 4.16. The number of aromatic nitrogens is 1. The highest BCUT2D eigenvalue weighted by Crippen LogP contribution is 2.31. The van der Waals surface area contributed by atoms with Crippen molar-refractivity contribution in [1.29, 1.82) is 0 Å². The minimum Gasteiger partial charge on any atom is -0.489 e. The van der Waals surface area contributed by atoms with E-state index in [1.165, 1.54) is 35.6 Å². The van der Waals surface area contributed by atoms with Crippen LogP contribution in [-0.2, 0) is 12.8 Å². The van der Waals surface area contributed by atoms with Crippen molar-refractivity contribution in [2.45, 2.75) is 25.6 Å². The molecule has 31 heavy (non-hydrogen) atoms. The molecule has 0 radical (unpaired) electrons. The number of thiazole rings is 1. The third kappa shape index (κ3) is 4.87. The molecule has 0 N–H and O–H groups in total. The van der Waals surface area contributed by atoms with Crippen LogP contribution >= 0.6 is 11.3 Å². The van der Waals surface area contributed by atoms with Gasteiger partial charge in [0.25, 0.3) is 5.91 Å². The van der Waals surface area contributed by atoms with E-state index in [-0.39, 0.29) is 23.8 Å². The van der Waals surface area contributed by atoms with Crippen LogP contribution in [0.1, 0.15) is 34.5 Å². The van der Waals surface area contributed by atoms with Gasteiger partial charge in [-0.05, 0) is 42.7 Å². The summed E-state index contributed by atoms with van der Waals surface area (Å²) in [4.78, 5) is 18.4. The molecule has 0 atom stereocenters. The van der Waals surface area contributed by atoms with E-state index in [1.807, 2.05) is 0 Å². The van der Waals surface area contributed by atoms with Gasteiger partial charge in [0.05, 0.1) is 5.56 Å². The number of carbonyl (C=O) groups excluding carboxylic acids is 1. The van der Waals surface area contributed by atoms with Crippen molar-refractivity contribution in [3.05, 3.63) is 70.5 Å². The van der Waals surface area contributed by atoms with Gasteiger partial charge in [-0.2, -0.15) is 13.2 Å². The molecule has 162 valence electrons. The number of amides is 1. The molecule has 1 fully saturated rings. The van der Waals surface area contributed by atoms with Crippen LogP contribution < -0.4 is 4.74 Å². The van der Waals surface area contributed by atoms with E-state index < -0.39 is 17.6 Å². The van der Waals surface area contributed by atoms with E-state index in [0.29, 0.717) is 29.4 Å². The summed E-state index contributed by atoms with van der Waals surface area (Å²) in [5.41, 5.74) is 0.0885. The Balaban J connectivity index is 1.45. The molecule has 9 heteroatoms. The van der Waals surface area contributed by atoms with Crippen LogP contribution in [0.5, 0.6) is 5.75 Å². The van der Waals surface area contributed by atoms with Crippen LogP contribution in [0.4, 0.5) is 17.6 Å². The Morgan fingerprint density at radius 3 is 2.61 bits per heavy atom. The van der Waals surface area contributed by atoms with Crippen molar-refractivity contribution < 1.29 is 27.1 Å². The average Bonchev–Trinajstić information content (AvgIpc) is 3.44. The number of nitrogens with zero attached hydrogens (tertiary/aromatic N) is 2. The van der Waals surface area contributed by atoms with Crippen LogP contribution in [-0.4, -0.2) is 28.9 Å². The largest absolute Gasteiger partial charge is 0.489 e. The number of alkyl halides is 3. The average molecular weight is 450 g/mol. The van der Waals surface area contributed by atoms with Gasteiger partial charge in [0.1, 0.15) is 28.9 Å². The highest BCUT2D eigenvalue weighted by molar-refractivity contribution is 7.13. The third-order valence-electron chi connectivity index (χ3n) is 4.95. The predicted molar refractivity (Wildman–Crippen MR) is 108 cm³/mol. The Bertz CT molecular complexity index is 1090. The second-order valence-corrected chi connectivity index (χ2v) is 8.02. The van der Waals surface area contributed by atoms with E-state index in [9.17, 15) is 22.4 Å². The van der Waals surface area contributed by atoms with Gasteiger partial charge in [0.15, 0.2) is 0 Å². The fraction of sp³-hybridized carbons (Fsp3) is 0.273. The van der Waals surface area contributed by atoms with Crippen molar-refractivity contribution in [3.8, 4) is 16.3 Å². The summed E-state index contributed by atoms with van der Waals surface area (Å²) in [7, 11) is 0. The Morgan fingerprint density at radius 1 is 1.13 bits per heavy atom. The molecule has 4 rings (SSSR count). The second kappa shape index (κ2) is 8.66. The molecule has 0 bridgehead atoms. The molecule has 0 unspecified atom stereocenters. The molecular weight excluding hydrogens is 432 g/mol. The van der Waals surface area contributed by atoms with Crippen LogP contribution in [0, 0.1) is 5.82 Å². The smallest absolute Gasteiger partial charge is 0.416 e. The first-order valence-electron chi connectivity index (χ1n) is 9.65. The molecule has 0 spiro atoms. The lowest BCUT2D eigenvalue weighted by atomic mass is 10.1. The summed E-state index contributed by atoms with van der Waals surface area (Å²) in [6, 6.07) is 8.96. The Morgan fingerprint density at radius 2 is 1.90 bits per heavy atom. The summed E-state index contributed by atoms with van der Waals surface area (Å²) in [6.07, 6.45) is -2.49. The van der Waals surface area contributed by atoms with Crippen molar-refractivity contribution in [3.63, 3.8) is 0 Å². The molecule has 0 saturated carbocycles. The molecule has 4 nitrogen and oxygen atoms in total. The van der Waals surface area contributed by atoms with Gasteiger partial charge in [-0.1, -0.05) is 12.1 Å². The molecule has 1 aliphatic heterocycles. The highest BCUT2D eigenvalue weighted by Gasteiger charge is 2.30. The van der Waals surface area contributed by atoms with Crippen LogP contribution in [0.3, 0.4) is 0 Å². The monoisotopic (exact) mass is 450 g/mol. The third-order valence-corrected chi connectivity index (χ3v) is 5.82. The maximum absolute atomic E-state index is 14.6. The molecule has 1 saturated heterocycles. The molecule has 2 aromatic carbocycles. The van der Waals surface area contributed by atoms with Gasteiger partial charge in [0.2, 0.25) is 0 Å². The summed E-state index contributed by atoms with van der Waals surface area (Å²) >= 11 is 1.18. The summed E-state index contributed by atoms with van der Waals surface area (Å²) < 4.78 is 58.5. The van der Waals surface area contributed by atoms with Gasteiger partial charge in [-0.25, -0.2) is 9.37 Å². The fourth-order valence-electron chi connectivity index (χ4n) is 3.34. The zero-order valence-corrected chi connectivity index (χ0v) is 17.1. The molecule has 3 aromatic rings. The summed E-state index contributed by atoms with van der Waals surface area (Å²) in [5, 5.41) is 2.00. The SMILES string of the molecule is O=C(c1csc(-c2ccc(OCc3cccc(C(F)(F)F)c3)cc2F)n1)N1CCCC1. The summed E-state index contributed by atoms with van der Waals surface area (Å²) in [5.74, 6) is -0.555. The molecule has 1 aliphatic rings. The van der Waals surface area contributed by atoms with Gasteiger partial charge in [-0.15, -0.1) is 11.3 Å². The van der Waals surface area contributed by atoms with Gasteiger partial charge in [0, 0.05) is 30.1 Å². The maximum Gasteiger partial charge on any atom is 0.416 e. The maximum atomic E-state index is 14.6. The lowest BCUT2D eigenvalue weighted by molar-refractivity contribution is -0.137.